The summed E-state index contributed by atoms with van der Waals surface area (Å²) < 4.78 is 11.1. The van der Waals surface area contributed by atoms with E-state index in [1.165, 1.54) is 0 Å². The smallest absolute Gasteiger partial charge is 0.256 e. The molecule has 0 unspecified atom stereocenters. The lowest BCUT2D eigenvalue weighted by atomic mass is 10.1. The quantitative estimate of drug-likeness (QED) is 0.594. The normalized spacial score (nSPS) is 13.5. The van der Waals surface area contributed by atoms with E-state index in [9.17, 15) is 9.59 Å². The average Bonchev–Trinajstić information content (AvgIpc) is 2.84. The van der Waals surface area contributed by atoms with E-state index in [1.54, 1.807) is 53.4 Å². The Kier molecular flexibility index (Phi) is 7.04. The molecule has 32 heavy (non-hydrogen) atoms. The third-order valence-corrected chi connectivity index (χ3v) is 5.54. The zero-order chi connectivity index (χ0) is 22.3. The molecule has 1 saturated heterocycles. The van der Waals surface area contributed by atoms with Crippen LogP contribution in [-0.2, 0) is 11.3 Å². The Labute approximate surface area is 191 Å². The van der Waals surface area contributed by atoms with Crippen molar-refractivity contribution >= 4 is 29.1 Å². The van der Waals surface area contributed by atoms with Gasteiger partial charge in [-0.3, -0.25) is 9.59 Å². The van der Waals surface area contributed by atoms with E-state index in [0.717, 1.165) is 5.56 Å². The molecule has 0 radical (unpaired) electrons. The molecule has 0 bridgehead atoms. The standard InChI is InChI=1S/C25H23ClN2O4/c26-22-7-3-1-5-19(22)17-32-20-11-9-18(10-12-20)24(29)27-23-8-4-2-6-21(23)25(30)28-13-15-31-16-14-28/h1-12H,13-17H2,(H,27,29). The molecule has 1 aliphatic heterocycles. The molecule has 1 N–H and O–H groups in total. The number of amides is 2. The van der Waals surface area contributed by atoms with Crippen LogP contribution in [0.5, 0.6) is 5.75 Å². The lowest BCUT2D eigenvalue weighted by Gasteiger charge is -2.27. The van der Waals surface area contributed by atoms with Gasteiger partial charge in [0.2, 0.25) is 0 Å². The third-order valence-electron chi connectivity index (χ3n) is 5.17. The zero-order valence-corrected chi connectivity index (χ0v) is 18.2. The zero-order valence-electron chi connectivity index (χ0n) is 17.4. The van der Waals surface area contributed by atoms with Crippen LogP contribution in [0.1, 0.15) is 26.3 Å². The fraction of sp³-hybridized carbons (Fsp3) is 0.200. The Morgan fingerprint density at radius 2 is 1.62 bits per heavy atom. The van der Waals surface area contributed by atoms with E-state index in [0.29, 0.717) is 60.5 Å². The number of hydrogen-bond donors (Lipinski definition) is 1. The van der Waals surface area contributed by atoms with Gasteiger partial charge in [-0.1, -0.05) is 41.9 Å². The number of rotatable bonds is 6. The Balaban J connectivity index is 1.41. The van der Waals surface area contributed by atoms with Gasteiger partial charge in [-0.25, -0.2) is 0 Å². The van der Waals surface area contributed by atoms with Gasteiger partial charge < -0.3 is 19.7 Å². The molecule has 0 atom stereocenters. The van der Waals surface area contributed by atoms with Crippen LogP contribution in [-0.4, -0.2) is 43.0 Å². The molecule has 1 fully saturated rings. The van der Waals surface area contributed by atoms with Gasteiger partial charge in [0.1, 0.15) is 12.4 Å². The number of para-hydroxylation sites is 1. The number of ether oxygens (including phenoxy) is 2. The number of carbonyl (C=O) groups is 2. The van der Waals surface area contributed by atoms with E-state index in [1.807, 2.05) is 24.3 Å². The molecular weight excluding hydrogens is 428 g/mol. The van der Waals surface area contributed by atoms with Crippen LogP contribution < -0.4 is 10.1 Å². The summed E-state index contributed by atoms with van der Waals surface area (Å²) in [5.41, 5.74) is 2.29. The largest absolute Gasteiger partial charge is 0.489 e. The van der Waals surface area contributed by atoms with E-state index >= 15 is 0 Å². The molecule has 3 aromatic rings. The summed E-state index contributed by atoms with van der Waals surface area (Å²) >= 11 is 6.15. The maximum absolute atomic E-state index is 12.9. The topological polar surface area (TPSA) is 67.9 Å². The second-order valence-electron chi connectivity index (χ2n) is 7.31. The highest BCUT2D eigenvalue weighted by molar-refractivity contribution is 6.31. The number of benzene rings is 3. The first-order valence-electron chi connectivity index (χ1n) is 10.4. The predicted octanol–water partition coefficient (Wildman–Crippen LogP) is 4.64. The van der Waals surface area contributed by atoms with Gasteiger partial charge in [-0.2, -0.15) is 0 Å². The summed E-state index contributed by atoms with van der Waals surface area (Å²) in [6, 6.07) is 21.3. The lowest BCUT2D eigenvalue weighted by Crippen LogP contribution is -2.41. The Hall–Kier alpha value is -3.35. The van der Waals surface area contributed by atoms with Crippen LogP contribution in [0.15, 0.2) is 72.8 Å². The molecule has 2 amide bonds. The molecule has 164 valence electrons. The second-order valence-corrected chi connectivity index (χ2v) is 7.72. The predicted molar refractivity (Wildman–Crippen MR) is 123 cm³/mol. The summed E-state index contributed by atoms with van der Waals surface area (Å²) in [5.74, 6) is 0.210. The molecule has 0 aliphatic carbocycles. The number of anilines is 1. The number of morpholine rings is 1. The SMILES string of the molecule is O=C(Nc1ccccc1C(=O)N1CCOCC1)c1ccc(OCc2ccccc2Cl)cc1. The first kappa shape index (κ1) is 21.9. The fourth-order valence-electron chi connectivity index (χ4n) is 3.39. The van der Waals surface area contributed by atoms with Crippen LogP contribution in [0, 0.1) is 0 Å². The third kappa shape index (κ3) is 5.28. The van der Waals surface area contributed by atoms with Gasteiger partial charge in [0.15, 0.2) is 0 Å². The van der Waals surface area contributed by atoms with E-state index < -0.39 is 0 Å². The van der Waals surface area contributed by atoms with Crippen LogP contribution in [0.4, 0.5) is 5.69 Å². The number of nitrogens with one attached hydrogen (secondary N) is 1. The highest BCUT2D eigenvalue weighted by Crippen LogP contribution is 2.21. The van der Waals surface area contributed by atoms with Gasteiger partial charge in [0, 0.05) is 29.2 Å². The maximum Gasteiger partial charge on any atom is 0.256 e. The van der Waals surface area contributed by atoms with Crippen molar-refractivity contribution in [3.05, 3.63) is 94.5 Å². The van der Waals surface area contributed by atoms with Gasteiger partial charge >= 0.3 is 0 Å². The molecule has 3 aromatic carbocycles. The summed E-state index contributed by atoms with van der Waals surface area (Å²) in [5, 5.41) is 3.50. The van der Waals surface area contributed by atoms with Crippen molar-refractivity contribution in [1.82, 2.24) is 4.90 Å². The van der Waals surface area contributed by atoms with Gasteiger partial charge in [-0.05, 0) is 42.5 Å². The summed E-state index contributed by atoms with van der Waals surface area (Å²) in [6.45, 7) is 2.45. The van der Waals surface area contributed by atoms with Crippen molar-refractivity contribution in [2.24, 2.45) is 0 Å². The molecule has 0 aromatic heterocycles. The lowest BCUT2D eigenvalue weighted by molar-refractivity contribution is 0.0303. The Morgan fingerprint density at radius 3 is 2.38 bits per heavy atom. The monoisotopic (exact) mass is 450 g/mol. The molecule has 6 nitrogen and oxygen atoms in total. The van der Waals surface area contributed by atoms with E-state index in [2.05, 4.69) is 5.32 Å². The van der Waals surface area contributed by atoms with Crippen molar-refractivity contribution in [2.45, 2.75) is 6.61 Å². The van der Waals surface area contributed by atoms with Crippen molar-refractivity contribution < 1.29 is 19.1 Å². The minimum Gasteiger partial charge on any atom is -0.489 e. The number of hydrogen-bond acceptors (Lipinski definition) is 4. The van der Waals surface area contributed by atoms with Crippen LogP contribution in [0.2, 0.25) is 5.02 Å². The maximum atomic E-state index is 12.9. The van der Waals surface area contributed by atoms with Crippen LogP contribution >= 0.6 is 11.6 Å². The first-order chi connectivity index (χ1) is 15.6. The van der Waals surface area contributed by atoms with Gasteiger partial charge in [-0.15, -0.1) is 0 Å². The Bertz CT molecular complexity index is 1100. The highest BCUT2D eigenvalue weighted by atomic mass is 35.5. The van der Waals surface area contributed by atoms with Gasteiger partial charge in [0.25, 0.3) is 11.8 Å². The molecule has 0 spiro atoms. The van der Waals surface area contributed by atoms with Crippen molar-refractivity contribution in [3.8, 4) is 5.75 Å². The molecule has 4 rings (SSSR count). The second kappa shape index (κ2) is 10.3. The van der Waals surface area contributed by atoms with Gasteiger partial charge in [0.05, 0.1) is 24.5 Å². The number of carbonyl (C=O) groups excluding carboxylic acids is 2. The van der Waals surface area contributed by atoms with Crippen LogP contribution in [0.3, 0.4) is 0 Å². The molecular formula is C25H23ClN2O4. The first-order valence-corrected chi connectivity index (χ1v) is 10.7. The van der Waals surface area contributed by atoms with Crippen LogP contribution in [0.25, 0.3) is 0 Å². The highest BCUT2D eigenvalue weighted by Gasteiger charge is 2.21. The van der Waals surface area contributed by atoms with Crippen molar-refractivity contribution in [3.63, 3.8) is 0 Å². The minimum atomic E-state index is -0.301. The van der Waals surface area contributed by atoms with E-state index in [-0.39, 0.29) is 11.8 Å². The van der Waals surface area contributed by atoms with Crippen molar-refractivity contribution in [2.75, 3.05) is 31.6 Å². The summed E-state index contributed by atoms with van der Waals surface area (Å²) in [7, 11) is 0. The minimum absolute atomic E-state index is 0.118. The summed E-state index contributed by atoms with van der Waals surface area (Å²) in [6.07, 6.45) is 0. The number of nitrogens with zero attached hydrogens (tertiary/aromatic N) is 1. The van der Waals surface area contributed by atoms with Crippen molar-refractivity contribution in [1.29, 1.82) is 0 Å². The fourth-order valence-corrected chi connectivity index (χ4v) is 3.58. The average molecular weight is 451 g/mol. The van der Waals surface area contributed by atoms with E-state index in [4.69, 9.17) is 21.1 Å². The number of halogens is 1. The molecule has 1 heterocycles. The Morgan fingerprint density at radius 1 is 0.938 bits per heavy atom. The molecule has 7 heteroatoms. The molecule has 1 aliphatic rings. The summed E-state index contributed by atoms with van der Waals surface area (Å²) in [4.78, 5) is 27.4. The molecule has 0 saturated carbocycles.